The molecule has 0 aliphatic carbocycles. The lowest BCUT2D eigenvalue weighted by molar-refractivity contribution is 0.808. The minimum absolute atomic E-state index is 0.689. The van der Waals surface area contributed by atoms with Crippen LogP contribution in [-0.2, 0) is 0 Å². The Kier molecular flexibility index (Phi) is 0.970. The highest BCUT2D eigenvalue weighted by Gasteiger charge is 2.14. The van der Waals surface area contributed by atoms with Gasteiger partial charge < -0.3 is 0 Å². The van der Waals surface area contributed by atoms with E-state index in [0.29, 0.717) is 11.4 Å². The van der Waals surface area contributed by atoms with Crippen LogP contribution in [0.4, 0.5) is 0 Å². The number of rotatable bonds is 1. The lowest BCUT2D eigenvalue weighted by Crippen LogP contribution is -1.98. The number of hydrogen-bond acceptors (Lipinski definition) is 5. The molecule has 1 aromatic heterocycles. The number of nitrogens with one attached hydrogen (secondary N) is 2. The molecular weight excluding hydrogens is 132 g/mol. The number of hydrogen-bond donors (Lipinski definition) is 2. The van der Waals surface area contributed by atoms with Crippen LogP contribution in [0.2, 0.25) is 0 Å². The molecule has 1 aliphatic rings. The van der Waals surface area contributed by atoms with E-state index in [0.717, 1.165) is 0 Å². The maximum atomic E-state index is 3.73. The van der Waals surface area contributed by atoms with Gasteiger partial charge in [0.25, 0.3) is 0 Å². The van der Waals surface area contributed by atoms with E-state index in [1.807, 2.05) is 0 Å². The summed E-state index contributed by atoms with van der Waals surface area (Å²) in [5.74, 6) is 0. The Bertz CT molecular complexity index is 270. The van der Waals surface area contributed by atoms with Crippen LogP contribution < -0.4 is 10.6 Å². The van der Waals surface area contributed by atoms with Gasteiger partial charge in [-0.25, -0.2) is 0 Å². The molecule has 0 unspecified atom stereocenters. The highest BCUT2D eigenvalue weighted by molar-refractivity contribution is 5.59. The molecule has 0 bridgehead atoms. The summed E-state index contributed by atoms with van der Waals surface area (Å²) >= 11 is 0. The first kappa shape index (κ1) is 5.10. The molecule has 6 nitrogen and oxygen atoms in total. The molecule has 0 saturated carbocycles. The minimum atomic E-state index is 0.689. The van der Waals surface area contributed by atoms with Crippen molar-refractivity contribution in [1.29, 1.82) is 0 Å². The van der Waals surface area contributed by atoms with Crippen LogP contribution in [0.1, 0.15) is 5.69 Å². The van der Waals surface area contributed by atoms with Crippen molar-refractivity contribution in [2.24, 2.45) is 5.11 Å². The fourth-order valence-corrected chi connectivity index (χ4v) is 0.654. The minimum Gasteiger partial charge on any atom is -0.265 e. The summed E-state index contributed by atoms with van der Waals surface area (Å²) in [5.41, 5.74) is 3.95. The number of aromatic nitrogens is 3. The van der Waals surface area contributed by atoms with Crippen molar-refractivity contribution in [1.82, 2.24) is 26.1 Å². The monoisotopic (exact) mass is 136 g/mol. The molecule has 0 fully saturated rings. The molecule has 6 heteroatoms. The van der Waals surface area contributed by atoms with Gasteiger partial charge in [0.05, 0.1) is 6.20 Å². The van der Waals surface area contributed by atoms with E-state index >= 15 is 0 Å². The molecule has 2 heterocycles. The van der Waals surface area contributed by atoms with Gasteiger partial charge in [0.15, 0.2) is 5.70 Å². The molecule has 0 atom stereocenters. The highest BCUT2D eigenvalue weighted by atomic mass is 15.4. The number of nitrogens with zero attached hydrogens (tertiary/aromatic N) is 4. The summed E-state index contributed by atoms with van der Waals surface area (Å²) < 4.78 is 0. The third-order valence-electron chi connectivity index (χ3n) is 1.10. The first-order valence-electron chi connectivity index (χ1n) is 2.70. The zero-order chi connectivity index (χ0) is 6.81. The zero-order valence-corrected chi connectivity index (χ0v) is 4.94. The summed E-state index contributed by atoms with van der Waals surface area (Å²) in [7, 11) is 0. The first-order chi connectivity index (χ1) is 4.97. The van der Waals surface area contributed by atoms with Gasteiger partial charge in [-0.05, 0) is 0 Å². The summed E-state index contributed by atoms with van der Waals surface area (Å²) in [6.45, 7) is 0. The molecule has 1 aliphatic heterocycles. The van der Waals surface area contributed by atoms with Gasteiger partial charge in [0.1, 0.15) is 17.0 Å². The Labute approximate surface area is 56.0 Å². The Morgan fingerprint density at radius 3 is 3.10 bits per heavy atom. The van der Waals surface area contributed by atoms with Crippen molar-refractivity contribution in [2.45, 2.75) is 0 Å². The number of aromatic amines is 1. The Morgan fingerprint density at radius 2 is 2.50 bits per heavy atom. The van der Waals surface area contributed by atoms with Crippen molar-refractivity contribution >= 4 is 5.70 Å². The molecule has 49 valence electrons. The fraction of sp³-hybridized carbons (Fsp3) is 0. The van der Waals surface area contributed by atoms with E-state index in [1.54, 1.807) is 12.4 Å². The molecule has 0 aromatic carbocycles. The summed E-state index contributed by atoms with van der Waals surface area (Å²) in [6, 6.07) is 0. The van der Waals surface area contributed by atoms with Crippen molar-refractivity contribution in [3.8, 4) is 0 Å². The highest BCUT2D eigenvalue weighted by Crippen LogP contribution is 2.10. The van der Waals surface area contributed by atoms with Gasteiger partial charge in [-0.3, -0.25) is 5.10 Å². The Balaban J connectivity index is 2.36. The molecule has 2 rings (SSSR count). The van der Waals surface area contributed by atoms with E-state index in [4.69, 9.17) is 0 Å². The van der Waals surface area contributed by atoms with Crippen LogP contribution in [-0.4, -0.2) is 15.4 Å². The standard InChI is InChI=1S/C4H4N6/c1-3(7-9-5-1)4-2-6-10-8-4/h1-2H,(H,5,7)(H,6,8,10)/q+1. The van der Waals surface area contributed by atoms with Crippen LogP contribution in [0.15, 0.2) is 17.5 Å². The fourth-order valence-electron chi connectivity index (χ4n) is 0.654. The van der Waals surface area contributed by atoms with Gasteiger partial charge in [0, 0.05) is 0 Å². The topological polar surface area (TPSA) is 80.1 Å². The third-order valence-corrected chi connectivity index (χ3v) is 1.10. The largest absolute Gasteiger partial charge is 0.330 e. The summed E-state index contributed by atoms with van der Waals surface area (Å²) in [5, 5.41) is 17.1. The summed E-state index contributed by atoms with van der Waals surface area (Å²) in [6.07, 6.45) is 3.30. The first-order valence-corrected chi connectivity index (χ1v) is 2.70. The van der Waals surface area contributed by atoms with Crippen molar-refractivity contribution in [2.75, 3.05) is 0 Å². The van der Waals surface area contributed by atoms with Crippen LogP contribution in [0.25, 0.3) is 5.70 Å². The lowest BCUT2D eigenvalue weighted by atomic mass is 10.4. The molecule has 10 heavy (non-hydrogen) atoms. The van der Waals surface area contributed by atoms with Crippen LogP contribution in [0.5, 0.6) is 0 Å². The normalized spacial score (nSPS) is 15.0. The Morgan fingerprint density at radius 1 is 1.50 bits per heavy atom. The van der Waals surface area contributed by atoms with E-state index in [-0.39, 0.29) is 0 Å². The van der Waals surface area contributed by atoms with E-state index < -0.39 is 0 Å². The second kappa shape index (κ2) is 1.90. The van der Waals surface area contributed by atoms with Gasteiger partial charge in [0.2, 0.25) is 0 Å². The van der Waals surface area contributed by atoms with Crippen LogP contribution in [0.3, 0.4) is 0 Å². The van der Waals surface area contributed by atoms with Gasteiger partial charge >= 0.3 is 5.22 Å². The zero-order valence-electron chi connectivity index (χ0n) is 4.94. The quantitative estimate of drug-likeness (QED) is 0.541. The predicted octanol–water partition coefficient (Wildman–Crippen LogP) is -0.591. The van der Waals surface area contributed by atoms with Gasteiger partial charge in [-0.15, -0.1) is 5.10 Å². The van der Waals surface area contributed by atoms with Crippen LogP contribution in [0, 0.1) is 0 Å². The van der Waals surface area contributed by atoms with Crippen molar-refractivity contribution in [3.63, 3.8) is 0 Å². The maximum absolute atomic E-state index is 3.73. The molecular formula is C4H4N6+. The van der Waals surface area contributed by atoms with Crippen molar-refractivity contribution in [3.05, 3.63) is 18.1 Å². The maximum Gasteiger partial charge on any atom is 0.330 e. The third kappa shape index (κ3) is 0.661. The van der Waals surface area contributed by atoms with Gasteiger partial charge in [-0.2, -0.15) is 0 Å². The van der Waals surface area contributed by atoms with Crippen LogP contribution >= 0.6 is 0 Å². The molecule has 2 N–H and O–H groups in total. The molecule has 0 saturated heterocycles. The summed E-state index contributed by atoms with van der Waals surface area (Å²) in [4.78, 5) is 0. The average molecular weight is 136 g/mol. The molecule has 1 radical (unpaired) electrons. The smallest absolute Gasteiger partial charge is 0.265 e. The second-order valence-electron chi connectivity index (χ2n) is 1.72. The SMILES string of the molecule is C1=C(c2c[nH]nn2)N=[N+]N1. The van der Waals surface area contributed by atoms with Crippen molar-refractivity contribution < 1.29 is 0 Å². The van der Waals surface area contributed by atoms with E-state index in [2.05, 4.69) is 31.2 Å². The average Bonchev–Trinajstić information content (AvgIpc) is 2.59. The lowest BCUT2D eigenvalue weighted by Gasteiger charge is -1.76. The van der Waals surface area contributed by atoms with E-state index in [9.17, 15) is 0 Å². The second-order valence-corrected chi connectivity index (χ2v) is 1.72. The predicted molar refractivity (Wildman–Crippen MR) is 32.1 cm³/mol. The molecule has 0 spiro atoms. The number of H-pyrrole nitrogens is 1. The molecule has 0 amide bonds. The Hall–Kier alpha value is -1.72. The molecule has 1 aromatic rings. The van der Waals surface area contributed by atoms with E-state index in [1.165, 1.54) is 0 Å². The van der Waals surface area contributed by atoms with Gasteiger partial charge in [-0.1, -0.05) is 10.6 Å².